The molecule has 0 rings (SSSR count). The molecule has 0 radical (unpaired) electrons. The van der Waals surface area contributed by atoms with Crippen molar-refractivity contribution in [3.05, 3.63) is 12.2 Å². The van der Waals surface area contributed by atoms with Crippen molar-refractivity contribution in [2.24, 2.45) is 11.8 Å². The van der Waals surface area contributed by atoms with Gasteiger partial charge in [0, 0.05) is 0 Å². The first-order chi connectivity index (χ1) is 5.79. The molecule has 0 aliphatic carbocycles. The van der Waals surface area contributed by atoms with Crippen LogP contribution in [0.25, 0.3) is 0 Å². The van der Waals surface area contributed by atoms with Gasteiger partial charge in [0.05, 0.1) is 12.0 Å². The topological polar surface area (TPSA) is 40.9 Å². The summed E-state index contributed by atoms with van der Waals surface area (Å²) in [7, 11) is 0. The summed E-state index contributed by atoms with van der Waals surface area (Å²) in [6, 6.07) is 2.24. The Kier molecular flexibility index (Phi) is 6.00. The zero-order valence-corrected chi connectivity index (χ0v) is 7.66. The van der Waals surface area contributed by atoms with Gasteiger partial charge in [0.25, 0.3) is 0 Å². The lowest BCUT2D eigenvalue weighted by Crippen LogP contribution is -2.08. The van der Waals surface area contributed by atoms with Crippen molar-refractivity contribution in [3.8, 4) is 6.07 Å². The van der Waals surface area contributed by atoms with E-state index in [9.17, 15) is 4.79 Å². The van der Waals surface area contributed by atoms with E-state index in [-0.39, 0.29) is 11.8 Å². The Labute approximate surface area is 73.9 Å². The molecule has 2 atom stereocenters. The second kappa shape index (κ2) is 6.60. The maximum absolute atomic E-state index is 10.1. The number of aldehydes is 1. The summed E-state index contributed by atoms with van der Waals surface area (Å²) in [6.45, 7) is 4.02. The molecule has 0 N–H and O–H groups in total. The zero-order chi connectivity index (χ0) is 9.40. The molecule has 0 heterocycles. The first-order valence-electron chi connectivity index (χ1n) is 4.31. The normalized spacial score (nSPS) is 15.4. The molecule has 0 aromatic rings. The van der Waals surface area contributed by atoms with E-state index in [1.54, 1.807) is 0 Å². The lowest BCUT2D eigenvalue weighted by molar-refractivity contribution is -0.104. The van der Waals surface area contributed by atoms with Crippen molar-refractivity contribution >= 4 is 6.29 Å². The highest BCUT2D eigenvalue weighted by molar-refractivity contribution is 5.64. The Morgan fingerprint density at radius 1 is 1.42 bits per heavy atom. The summed E-state index contributed by atoms with van der Waals surface area (Å²) in [4.78, 5) is 10.1. The number of hydrogen-bond donors (Lipinski definition) is 0. The third-order valence-corrected chi connectivity index (χ3v) is 2.03. The molecule has 0 aromatic carbocycles. The average molecular weight is 165 g/mol. The van der Waals surface area contributed by atoms with Crippen LogP contribution in [0, 0.1) is 23.2 Å². The standard InChI is InChI=1S/C10H15NO/c1-3-9(6-5-7-12)10(4-2)8-11/h5-7,9-10H,3-4H2,1-2H3. The Morgan fingerprint density at radius 3 is 2.42 bits per heavy atom. The van der Waals surface area contributed by atoms with E-state index in [0.29, 0.717) is 0 Å². The molecule has 2 nitrogen and oxygen atoms in total. The minimum Gasteiger partial charge on any atom is -0.299 e. The van der Waals surface area contributed by atoms with Gasteiger partial charge in [-0.25, -0.2) is 0 Å². The first-order valence-corrected chi connectivity index (χ1v) is 4.31. The Hall–Kier alpha value is -1.10. The summed E-state index contributed by atoms with van der Waals surface area (Å²) < 4.78 is 0. The van der Waals surface area contributed by atoms with Gasteiger partial charge in [-0.2, -0.15) is 5.26 Å². The zero-order valence-electron chi connectivity index (χ0n) is 7.66. The molecule has 2 unspecified atom stereocenters. The maximum atomic E-state index is 10.1. The monoisotopic (exact) mass is 165 g/mol. The fourth-order valence-corrected chi connectivity index (χ4v) is 1.23. The minimum absolute atomic E-state index is 0.0474. The number of hydrogen-bond acceptors (Lipinski definition) is 2. The van der Waals surface area contributed by atoms with Crippen LogP contribution in [0.15, 0.2) is 12.2 Å². The molecule has 0 saturated carbocycles. The van der Waals surface area contributed by atoms with Crippen molar-refractivity contribution in [1.29, 1.82) is 5.26 Å². The summed E-state index contributed by atoms with van der Waals surface area (Å²) in [5.41, 5.74) is 0. The fraction of sp³-hybridized carbons (Fsp3) is 0.600. The van der Waals surface area contributed by atoms with Crippen LogP contribution < -0.4 is 0 Å². The van der Waals surface area contributed by atoms with Crippen LogP contribution in [0.2, 0.25) is 0 Å². The highest BCUT2D eigenvalue weighted by Crippen LogP contribution is 2.19. The van der Waals surface area contributed by atoms with E-state index in [1.807, 2.05) is 19.9 Å². The molecule has 0 spiro atoms. The molecule has 0 saturated heterocycles. The lowest BCUT2D eigenvalue weighted by Gasteiger charge is -2.13. The molecule has 0 fully saturated rings. The van der Waals surface area contributed by atoms with Crippen molar-refractivity contribution < 1.29 is 4.79 Å². The van der Waals surface area contributed by atoms with Crippen LogP contribution in [0.5, 0.6) is 0 Å². The summed E-state index contributed by atoms with van der Waals surface area (Å²) in [5.74, 6) is 0.274. The lowest BCUT2D eigenvalue weighted by atomic mass is 9.89. The number of carbonyl (C=O) groups is 1. The molecule has 0 aromatic heterocycles. The van der Waals surface area contributed by atoms with Gasteiger partial charge in [-0.15, -0.1) is 0 Å². The van der Waals surface area contributed by atoms with E-state index in [4.69, 9.17) is 5.26 Å². The van der Waals surface area contributed by atoms with E-state index >= 15 is 0 Å². The largest absolute Gasteiger partial charge is 0.299 e. The van der Waals surface area contributed by atoms with Gasteiger partial charge in [-0.3, -0.25) is 4.79 Å². The number of carbonyl (C=O) groups excluding carboxylic acids is 1. The van der Waals surface area contributed by atoms with Crippen LogP contribution in [-0.2, 0) is 4.79 Å². The smallest absolute Gasteiger partial charge is 0.142 e. The molecule has 12 heavy (non-hydrogen) atoms. The SMILES string of the molecule is CCC(C#N)C(C=CC=O)CC. The van der Waals surface area contributed by atoms with Crippen LogP contribution >= 0.6 is 0 Å². The van der Waals surface area contributed by atoms with E-state index in [0.717, 1.165) is 19.1 Å². The van der Waals surface area contributed by atoms with Crippen molar-refractivity contribution in [2.45, 2.75) is 26.7 Å². The predicted octanol–water partition coefficient (Wildman–Crippen LogP) is 2.32. The molecule has 0 amide bonds. The van der Waals surface area contributed by atoms with E-state index < -0.39 is 0 Å². The van der Waals surface area contributed by atoms with Gasteiger partial charge < -0.3 is 0 Å². The molecule has 66 valence electrons. The van der Waals surface area contributed by atoms with Gasteiger partial charge in [-0.05, 0) is 24.8 Å². The molecule has 2 heteroatoms. The van der Waals surface area contributed by atoms with Crippen molar-refractivity contribution in [2.75, 3.05) is 0 Å². The minimum atomic E-state index is 0.0474. The fourth-order valence-electron chi connectivity index (χ4n) is 1.23. The molecular formula is C10H15NO. The van der Waals surface area contributed by atoms with Crippen LogP contribution in [0.1, 0.15) is 26.7 Å². The number of rotatable bonds is 5. The summed E-state index contributed by atoms with van der Waals surface area (Å²) in [5, 5.41) is 8.75. The molecular weight excluding hydrogens is 150 g/mol. The third-order valence-electron chi connectivity index (χ3n) is 2.03. The number of nitrogens with zero attached hydrogens (tertiary/aromatic N) is 1. The van der Waals surface area contributed by atoms with E-state index in [2.05, 4.69) is 6.07 Å². The first kappa shape index (κ1) is 10.9. The highest BCUT2D eigenvalue weighted by atomic mass is 16.1. The quantitative estimate of drug-likeness (QED) is 0.463. The Bertz CT molecular complexity index is 191. The third kappa shape index (κ3) is 3.34. The number of nitriles is 1. The predicted molar refractivity (Wildman–Crippen MR) is 48.4 cm³/mol. The van der Waals surface area contributed by atoms with Crippen molar-refractivity contribution in [1.82, 2.24) is 0 Å². The van der Waals surface area contributed by atoms with Gasteiger partial charge in [-0.1, -0.05) is 19.9 Å². The molecule has 0 aliphatic heterocycles. The van der Waals surface area contributed by atoms with E-state index in [1.165, 1.54) is 6.08 Å². The molecule has 0 aliphatic rings. The second-order valence-electron chi connectivity index (χ2n) is 2.74. The molecule has 0 bridgehead atoms. The maximum Gasteiger partial charge on any atom is 0.142 e. The number of allylic oxidation sites excluding steroid dienone is 2. The van der Waals surface area contributed by atoms with Crippen LogP contribution in [0.3, 0.4) is 0 Å². The highest BCUT2D eigenvalue weighted by Gasteiger charge is 2.13. The summed E-state index contributed by atoms with van der Waals surface area (Å²) >= 11 is 0. The van der Waals surface area contributed by atoms with Gasteiger partial charge in [0.2, 0.25) is 0 Å². The second-order valence-corrected chi connectivity index (χ2v) is 2.74. The van der Waals surface area contributed by atoms with Gasteiger partial charge in [0.1, 0.15) is 6.29 Å². The van der Waals surface area contributed by atoms with Crippen LogP contribution in [-0.4, -0.2) is 6.29 Å². The van der Waals surface area contributed by atoms with Gasteiger partial charge >= 0.3 is 0 Å². The Morgan fingerprint density at radius 2 is 2.08 bits per heavy atom. The van der Waals surface area contributed by atoms with Crippen LogP contribution in [0.4, 0.5) is 0 Å². The average Bonchev–Trinajstić information content (AvgIpc) is 2.12. The Balaban J connectivity index is 4.22. The summed E-state index contributed by atoms with van der Waals surface area (Å²) in [6.07, 6.45) is 5.82. The van der Waals surface area contributed by atoms with Crippen molar-refractivity contribution in [3.63, 3.8) is 0 Å². The van der Waals surface area contributed by atoms with Gasteiger partial charge in [0.15, 0.2) is 0 Å².